The molecule has 0 spiro atoms. The van der Waals surface area contributed by atoms with E-state index in [4.69, 9.17) is 4.74 Å². The van der Waals surface area contributed by atoms with Crippen LogP contribution >= 0.6 is 0 Å². The Morgan fingerprint density at radius 2 is 1.85 bits per heavy atom. The van der Waals surface area contributed by atoms with E-state index in [0.717, 1.165) is 36.2 Å². The fourth-order valence-electron chi connectivity index (χ4n) is 2.79. The molecule has 1 fully saturated rings. The Morgan fingerprint density at radius 3 is 2.38 bits per heavy atom. The minimum atomic E-state index is -4.73. The first-order chi connectivity index (χ1) is 12.0. The number of carbonyl (C=O) groups excluding carboxylic acids is 2. The molecular formula is C17H22F3N3O3. The maximum atomic E-state index is 13.2. The summed E-state index contributed by atoms with van der Waals surface area (Å²) in [5.74, 6) is -1.00. The van der Waals surface area contributed by atoms with E-state index in [2.05, 4.69) is 10.4 Å². The summed E-state index contributed by atoms with van der Waals surface area (Å²) in [6.07, 6.45) is -1.72. The van der Waals surface area contributed by atoms with Gasteiger partial charge in [0.1, 0.15) is 11.3 Å². The van der Waals surface area contributed by atoms with Crippen LogP contribution in [0.15, 0.2) is 18.3 Å². The van der Waals surface area contributed by atoms with E-state index in [1.54, 1.807) is 20.8 Å². The molecule has 1 aliphatic carbocycles. The van der Waals surface area contributed by atoms with Crippen molar-refractivity contribution in [3.05, 3.63) is 29.6 Å². The van der Waals surface area contributed by atoms with Gasteiger partial charge in [-0.3, -0.25) is 9.78 Å². The van der Waals surface area contributed by atoms with Crippen LogP contribution in [0, 0.1) is 0 Å². The molecule has 0 saturated heterocycles. The van der Waals surface area contributed by atoms with Crippen molar-refractivity contribution in [1.29, 1.82) is 0 Å². The van der Waals surface area contributed by atoms with Gasteiger partial charge in [-0.2, -0.15) is 13.2 Å². The van der Waals surface area contributed by atoms with Gasteiger partial charge in [-0.25, -0.2) is 15.2 Å². The van der Waals surface area contributed by atoms with Crippen molar-refractivity contribution in [2.75, 3.05) is 0 Å². The average molecular weight is 373 g/mol. The van der Waals surface area contributed by atoms with E-state index >= 15 is 0 Å². The van der Waals surface area contributed by atoms with Gasteiger partial charge in [0.2, 0.25) is 0 Å². The molecule has 2 amide bonds. The zero-order valence-corrected chi connectivity index (χ0v) is 14.9. The van der Waals surface area contributed by atoms with Gasteiger partial charge >= 0.3 is 12.3 Å². The number of rotatable bonds is 2. The zero-order chi connectivity index (χ0) is 19.5. The molecule has 0 radical (unpaired) electrons. The molecule has 1 saturated carbocycles. The predicted molar refractivity (Wildman–Crippen MR) is 87.0 cm³/mol. The van der Waals surface area contributed by atoms with Crippen LogP contribution in [0.1, 0.15) is 62.5 Å². The van der Waals surface area contributed by atoms with Crippen molar-refractivity contribution in [2.24, 2.45) is 0 Å². The quantitative estimate of drug-likeness (QED) is 0.798. The Bertz CT molecular complexity index is 665. The highest BCUT2D eigenvalue weighted by atomic mass is 19.4. The number of ether oxygens (including phenoxy) is 1. The van der Waals surface area contributed by atoms with Gasteiger partial charge in [0.15, 0.2) is 0 Å². The lowest BCUT2D eigenvalue weighted by Crippen LogP contribution is -2.52. The maximum Gasteiger partial charge on any atom is 0.426 e. The average Bonchev–Trinajstić information content (AvgIpc) is 3.03. The number of alkyl halides is 3. The lowest BCUT2D eigenvalue weighted by Gasteiger charge is -2.30. The zero-order valence-electron chi connectivity index (χ0n) is 14.9. The van der Waals surface area contributed by atoms with Crippen molar-refractivity contribution in [3.63, 3.8) is 0 Å². The molecule has 1 aliphatic rings. The molecule has 0 bridgehead atoms. The van der Waals surface area contributed by atoms with Gasteiger partial charge in [-0.1, -0.05) is 12.8 Å². The number of nitrogens with one attached hydrogen (secondary N) is 1. The van der Waals surface area contributed by atoms with Gasteiger partial charge < -0.3 is 4.74 Å². The number of nitrogens with zero attached hydrogens (tertiary/aromatic N) is 2. The summed E-state index contributed by atoms with van der Waals surface area (Å²) in [4.78, 5) is 28.5. The van der Waals surface area contributed by atoms with Crippen LogP contribution in [0.5, 0.6) is 0 Å². The molecule has 0 aliphatic heterocycles. The fourth-order valence-corrected chi connectivity index (χ4v) is 2.79. The Labute approximate surface area is 149 Å². The SMILES string of the molecule is CC(C)(C)OC(=O)NN(C(=O)c1ncccc1C(F)(F)F)C1CCCC1. The Balaban J connectivity index is 2.31. The van der Waals surface area contributed by atoms with Crippen LogP contribution < -0.4 is 5.43 Å². The third-order valence-corrected chi connectivity index (χ3v) is 3.83. The number of carbonyl (C=O) groups is 2. The minimum Gasteiger partial charge on any atom is -0.443 e. The third-order valence-electron chi connectivity index (χ3n) is 3.83. The second-order valence-electron chi connectivity index (χ2n) is 7.12. The van der Waals surface area contributed by atoms with Gasteiger partial charge in [0.25, 0.3) is 5.91 Å². The number of hydrazine groups is 1. The number of pyridine rings is 1. The Morgan fingerprint density at radius 1 is 1.23 bits per heavy atom. The van der Waals surface area contributed by atoms with E-state index in [-0.39, 0.29) is 0 Å². The minimum absolute atomic E-state index is 0.405. The molecule has 144 valence electrons. The Hall–Kier alpha value is -2.32. The van der Waals surface area contributed by atoms with E-state index < -0.39 is 41.1 Å². The molecule has 2 rings (SSSR count). The van der Waals surface area contributed by atoms with Crippen LogP contribution in [-0.4, -0.2) is 33.6 Å². The molecule has 1 heterocycles. The van der Waals surface area contributed by atoms with E-state index in [0.29, 0.717) is 12.8 Å². The highest BCUT2D eigenvalue weighted by Gasteiger charge is 2.39. The highest BCUT2D eigenvalue weighted by molar-refractivity contribution is 5.95. The summed E-state index contributed by atoms with van der Waals surface area (Å²) in [6, 6.07) is 1.50. The summed E-state index contributed by atoms with van der Waals surface area (Å²) in [6.45, 7) is 4.94. The second-order valence-corrected chi connectivity index (χ2v) is 7.12. The summed E-state index contributed by atoms with van der Waals surface area (Å²) >= 11 is 0. The van der Waals surface area contributed by atoms with Crippen molar-refractivity contribution in [3.8, 4) is 0 Å². The smallest absolute Gasteiger partial charge is 0.426 e. The van der Waals surface area contributed by atoms with E-state index in [1.165, 1.54) is 0 Å². The second kappa shape index (κ2) is 7.51. The molecule has 0 unspecified atom stereocenters. The lowest BCUT2D eigenvalue weighted by molar-refractivity contribution is -0.138. The van der Waals surface area contributed by atoms with Gasteiger partial charge in [-0.15, -0.1) is 0 Å². The van der Waals surface area contributed by atoms with Crippen LogP contribution in [-0.2, 0) is 10.9 Å². The normalized spacial score (nSPS) is 15.6. The van der Waals surface area contributed by atoms with E-state index in [9.17, 15) is 22.8 Å². The lowest BCUT2D eigenvalue weighted by atomic mass is 10.1. The van der Waals surface area contributed by atoms with Crippen molar-refractivity contribution in [1.82, 2.24) is 15.4 Å². The first-order valence-electron chi connectivity index (χ1n) is 8.34. The van der Waals surface area contributed by atoms with Gasteiger partial charge in [-0.05, 0) is 45.7 Å². The van der Waals surface area contributed by atoms with Crippen molar-refractivity contribution < 1.29 is 27.5 Å². The summed E-state index contributed by atoms with van der Waals surface area (Å²) in [5, 5.41) is 0.929. The van der Waals surface area contributed by atoms with Crippen molar-refractivity contribution in [2.45, 2.75) is 64.3 Å². The van der Waals surface area contributed by atoms with Crippen molar-refractivity contribution >= 4 is 12.0 Å². The molecule has 26 heavy (non-hydrogen) atoms. The summed E-state index contributed by atoms with van der Waals surface area (Å²) in [7, 11) is 0. The topological polar surface area (TPSA) is 71.5 Å². The molecule has 1 aromatic rings. The van der Waals surface area contributed by atoms with Gasteiger partial charge in [0, 0.05) is 6.20 Å². The number of hydrogen-bond acceptors (Lipinski definition) is 4. The molecule has 0 aromatic carbocycles. The number of hydrogen-bond donors (Lipinski definition) is 1. The molecule has 9 heteroatoms. The fraction of sp³-hybridized carbons (Fsp3) is 0.588. The predicted octanol–water partition coefficient (Wildman–Crippen LogP) is 3.92. The number of amides is 2. The molecular weight excluding hydrogens is 351 g/mol. The molecule has 1 N–H and O–H groups in total. The van der Waals surface area contributed by atoms with Gasteiger partial charge in [0.05, 0.1) is 11.6 Å². The monoisotopic (exact) mass is 373 g/mol. The van der Waals surface area contributed by atoms with Crippen LogP contribution in [0.4, 0.5) is 18.0 Å². The van der Waals surface area contributed by atoms with Crippen LogP contribution in [0.25, 0.3) is 0 Å². The number of aromatic nitrogens is 1. The Kier molecular flexibility index (Phi) is 5.77. The molecule has 0 atom stereocenters. The molecule has 6 nitrogen and oxygen atoms in total. The first-order valence-corrected chi connectivity index (χ1v) is 8.34. The van der Waals surface area contributed by atoms with Crippen LogP contribution in [0.2, 0.25) is 0 Å². The maximum absolute atomic E-state index is 13.2. The number of halogens is 3. The first kappa shape index (κ1) is 20.0. The third kappa shape index (κ3) is 5.09. The standard InChI is InChI=1S/C17H22F3N3O3/c1-16(2,3)26-15(25)22-23(11-7-4-5-8-11)14(24)13-12(17(18,19)20)9-6-10-21-13/h6,9-11H,4-5,7-8H2,1-3H3,(H,22,25). The summed E-state index contributed by atoms with van der Waals surface area (Å²) < 4.78 is 44.8. The van der Waals surface area contributed by atoms with Crippen LogP contribution in [0.3, 0.4) is 0 Å². The highest BCUT2D eigenvalue weighted by Crippen LogP contribution is 2.32. The largest absolute Gasteiger partial charge is 0.443 e. The molecule has 1 aromatic heterocycles. The van der Waals surface area contributed by atoms with E-state index in [1.807, 2.05) is 0 Å². The summed E-state index contributed by atoms with van der Waals surface area (Å²) in [5.41, 5.74) is -0.388.